The smallest absolute Gasteiger partial charge is 0.236 e. The molecule has 0 aliphatic carbocycles. The summed E-state index contributed by atoms with van der Waals surface area (Å²) < 4.78 is 2.10. The summed E-state index contributed by atoms with van der Waals surface area (Å²) in [5, 5.41) is 23.9. The van der Waals surface area contributed by atoms with E-state index in [1.54, 1.807) is 11.3 Å². The van der Waals surface area contributed by atoms with Crippen LogP contribution in [0.2, 0.25) is 0 Å². The molecule has 0 aromatic carbocycles. The topological polar surface area (TPSA) is 85.6 Å². The van der Waals surface area contributed by atoms with Crippen molar-refractivity contribution in [2.24, 2.45) is 0 Å². The summed E-state index contributed by atoms with van der Waals surface area (Å²) in [6, 6.07) is 2.19. The summed E-state index contributed by atoms with van der Waals surface area (Å²) in [7, 11) is 0. The minimum Gasteiger partial charge on any atom is -0.302 e. The molecule has 150 valence electrons. The molecular formula is C18H24N6OS3. The van der Waals surface area contributed by atoms with Crippen LogP contribution in [0.25, 0.3) is 11.4 Å². The van der Waals surface area contributed by atoms with E-state index in [2.05, 4.69) is 62.5 Å². The minimum atomic E-state index is -0.117. The highest BCUT2D eigenvalue weighted by Gasteiger charge is 2.17. The van der Waals surface area contributed by atoms with Crippen LogP contribution in [-0.4, -0.2) is 36.6 Å². The number of amides is 1. The normalized spacial score (nSPS) is 11.3. The zero-order valence-electron chi connectivity index (χ0n) is 16.4. The molecule has 3 rings (SSSR count). The third kappa shape index (κ3) is 4.98. The van der Waals surface area contributed by atoms with Gasteiger partial charge in [0.2, 0.25) is 11.0 Å². The van der Waals surface area contributed by atoms with Crippen LogP contribution in [0.4, 0.5) is 5.13 Å². The Morgan fingerprint density at radius 1 is 1.25 bits per heavy atom. The van der Waals surface area contributed by atoms with Crippen LogP contribution in [0, 0.1) is 0 Å². The summed E-state index contributed by atoms with van der Waals surface area (Å²) in [6.07, 6.45) is 1.78. The Labute approximate surface area is 177 Å². The number of nitrogens with one attached hydrogen (secondary N) is 1. The lowest BCUT2D eigenvalue weighted by atomic mass is 10.1. The first kappa shape index (κ1) is 20.9. The summed E-state index contributed by atoms with van der Waals surface area (Å²) in [4.78, 5) is 13.6. The van der Waals surface area contributed by atoms with Crippen molar-refractivity contribution >= 4 is 45.5 Å². The average Bonchev–Trinajstić information content (AvgIpc) is 3.39. The van der Waals surface area contributed by atoms with Gasteiger partial charge in [0.05, 0.1) is 5.75 Å². The third-order valence-corrected chi connectivity index (χ3v) is 7.14. The summed E-state index contributed by atoms with van der Waals surface area (Å²) >= 11 is 4.55. The van der Waals surface area contributed by atoms with Crippen LogP contribution >= 0.6 is 34.4 Å². The van der Waals surface area contributed by atoms with E-state index in [-0.39, 0.29) is 11.7 Å². The van der Waals surface area contributed by atoms with Gasteiger partial charge in [-0.25, -0.2) is 0 Å². The van der Waals surface area contributed by atoms with Gasteiger partial charge in [0.15, 0.2) is 11.0 Å². The Balaban J connectivity index is 1.69. The van der Waals surface area contributed by atoms with Crippen molar-refractivity contribution in [3.8, 4) is 11.4 Å². The average molecular weight is 437 g/mol. The molecule has 3 aromatic heterocycles. The number of aromatic nitrogens is 5. The number of hydrogen-bond acceptors (Lipinski definition) is 8. The number of hydrogen-bond donors (Lipinski definition) is 1. The zero-order valence-corrected chi connectivity index (χ0v) is 18.9. The second kappa shape index (κ2) is 9.62. The number of carbonyl (C=O) groups excluding carboxylic acids is 1. The van der Waals surface area contributed by atoms with E-state index in [1.807, 2.05) is 6.92 Å². The molecule has 28 heavy (non-hydrogen) atoms. The van der Waals surface area contributed by atoms with E-state index in [0.717, 1.165) is 40.9 Å². The van der Waals surface area contributed by atoms with Crippen molar-refractivity contribution in [2.75, 3.05) is 11.1 Å². The number of carbonyl (C=O) groups is 1. The largest absolute Gasteiger partial charge is 0.302 e. The molecule has 0 saturated heterocycles. The van der Waals surface area contributed by atoms with Crippen molar-refractivity contribution in [3.63, 3.8) is 0 Å². The third-order valence-electron chi connectivity index (χ3n) is 3.96. The maximum atomic E-state index is 12.3. The van der Waals surface area contributed by atoms with E-state index in [1.165, 1.54) is 28.0 Å². The standard InChI is InChI=1S/C18H24N6OS3/c1-5-7-24-16(12-8-13(11(3)4)26-9-12)21-23-18(24)27-10-14(25)19-17-22-20-15(6-2)28-17/h8-9,11H,5-7,10H2,1-4H3,(H,19,22,25). The lowest BCUT2D eigenvalue weighted by Gasteiger charge is -2.08. The zero-order chi connectivity index (χ0) is 20.1. The fraction of sp³-hybridized carbons (Fsp3) is 0.500. The molecule has 0 radical (unpaired) electrons. The van der Waals surface area contributed by atoms with Gasteiger partial charge >= 0.3 is 0 Å². The molecule has 0 unspecified atom stereocenters. The van der Waals surface area contributed by atoms with Gasteiger partial charge in [-0.15, -0.1) is 31.7 Å². The van der Waals surface area contributed by atoms with E-state index >= 15 is 0 Å². The first-order valence-corrected chi connectivity index (χ1v) is 12.0. The van der Waals surface area contributed by atoms with Gasteiger partial charge in [0, 0.05) is 22.4 Å². The SMILES string of the molecule is CCCn1c(SCC(=O)Nc2nnc(CC)s2)nnc1-c1csc(C(C)C)c1. The lowest BCUT2D eigenvalue weighted by molar-refractivity contribution is -0.113. The number of thiophene rings is 1. The summed E-state index contributed by atoms with van der Waals surface area (Å²) in [5.74, 6) is 1.50. The molecule has 0 aliphatic heterocycles. The molecular weight excluding hydrogens is 412 g/mol. The minimum absolute atomic E-state index is 0.117. The maximum Gasteiger partial charge on any atom is 0.236 e. The molecule has 3 aromatic rings. The molecule has 10 heteroatoms. The highest BCUT2D eigenvalue weighted by Crippen LogP contribution is 2.31. The Bertz CT molecular complexity index is 930. The predicted octanol–water partition coefficient (Wildman–Crippen LogP) is 4.68. The number of rotatable bonds is 9. The van der Waals surface area contributed by atoms with Crippen molar-refractivity contribution < 1.29 is 4.79 Å². The second-order valence-corrected chi connectivity index (χ2v) is 9.49. The highest BCUT2D eigenvalue weighted by molar-refractivity contribution is 7.99. The van der Waals surface area contributed by atoms with E-state index in [4.69, 9.17) is 0 Å². The molecule has 3 heterocycles. The van der Waals surface area contributed by atoms with Gasteiger partial charge in [-0.2, -0.15) is 0 Å². The van der Waals surface area contributed by atoms with Crippen molar-refractivity contribution in [2.45, 2.75) is 58.2 Å². The van der Waals surface area contributed by atoms with Crippen LogP contribution in [0.1, 0.15) is 49.9 Å². The molecule has 1 amide bonds. The molecule has 0 atom stereocenters. The summed E-state index contributed by atoms with van der Waals surface area (Å²) in [5.41, 5.74) is 1.09. The van der Waals surface area contributed by atoms with Gasteiger partial charge in [-0.05, 0) is 24.8 Å². The van der Waals surface area contributed by atoms with Gasteiger partial charge in [0.1, 0.15) is 5.01 Å². The van der Waals surface area contributed by atoms with E-state index in [0.29, 0.717) is 11.0 Å². The van der Waals surface area contributed by atoms with Gasteiger partial charge in [-0.1, -0.05) is 50.8 Å². The van der Waals surface area contributed by atoms with Crippen LogP contribution in [-0.2, 0) is 17.8 Å². The highest BCUT2D eigenvalue weighted by atomic mass is 32.2. The summed E-state index contributed by atoms with van der Waals surface area (Å²) in [6.45, 7) is 9.33. The number of thioether (sulfide) groups is 1. The molecule has 7 nitrogen and oxygen atoms in total. The molecule has 0 fully saturated rings. The Kier molecular flexibility index (Phi) is 7.19. The lowest BCUT2D eigenvalue weighted by Crippen LogP contribution is -2.14. The van der Waals surface area contributed by atoms with Crippen LogP contribution in [0.3, 0.4) is 0 Å². The Morgan fingerprint density at radius 3 is 2.71 bits per heavy atom. The molecule has 1 N–H and O–H groups in total. The Hall–Kier alpha value is -1.78. The van der Waals surface area contributed by atoms with Crippen LogP contribution in [0.15, 0.2) is 16.6 Å². The van der Waals surface area contributed by atoms with E-state index < -0.39 is 0 Å². The van der Waals surface area contributed by atoms with Crippen molar-refractivity contribution in [3.05, 3.63) is 21.3 Å². The first-order valence-electron chi connectivity index (χ1n) is 9.28. The predicted molar refractivity (Wildman–Crippen MR) is 116 cm³/mol. The molecule has 0 spiro atoms. The van der Waals surface area contributed by atoms with Crippen LogP contribution < -0.4 is 5.32 Å². The molecule has 0 bridgehead atoms. The first-order chi connectivity index (χ1) is 13.5. The van der Waals surface area contributed by atoms with Crippen LogP contribution in [0.5, 0.6) is 0 Å². The second-order valence-electron chi connectivity index (χ2n) is 6.54. The monoisotopic (exact) mass is 436 g/mol. The van der Waals surface area contributed by atoms with Gasteiger partial charge < -0.3 is 4.57 Å². The number of anilines is 1. The fourth-order valence-electron chi connectivity index (χ4n) is 2.54. The fourth-order valence-corrected chi connectivity index (χ4v) is 4.90. The van der Waals surface area contributed by atoms with Crippen molar-refractivity contribution in [1.82, 2.24) is 25.0 Å². The van der Waals surface area contributed by atoms with Crippen molar-refractivity contribution in [1.29, 1.82) is 0 Å². The Morgan fingerprint density at radius 2 is 2.07 bits per heavy atom. The maximum absolute atomic E-state index is 12.3. The molecule has 0 saturated carbocycles. The van der Waals surface area contributed by atoms with Gasteiger partial charge in [-0.3, -0.25) is 10.1 Å². The number of nitrogens with zero attached hydrogens (tertiary/aromatic N) is 5. The van der Waals surface area contributed by atoms with E-state index in [9.17, 15) is 4.79 Å². The molecule has 0 aliphatic rings. The number of aryl methyl sites for hydroxylation is 1. The van der Waals surface area contributed by atoms with Gasteiger partial charge in [0.25, 0.3) is 0 Å². The quantitative estimate of drug-likeness (QED) is 0.490.